The molecule has 0 bridgehead atoms. The summed E-state index contributed by atoms with van der Waals surface area (Å²) in [4.78, 5) is 29.1. The zero-order chi connectivity index (χ0) is 29.8. The summed E-state index contributed by atoms with van der Waals surface area (Å²) in [6, 6.07) is 22.1. The third kappa shape index (κ3) is 9.79. The summed E-state index contributed by atoms with van der Waals surface area (Å²) in [5.41, 5.74) is 1.96. The van der Waals surface area contributed by atoms with E-state index < -0.39 is 28.5 Å². The number of carbonyl (C=O) groups excluding carboxylic acids is 2. The maximum Gasteiger partial charge on any atom is 0.244 e. The van der Waals surface area contributed by atoms with Crippen LogP contribution in [0.3, 0.4) is 0 Å². The highest BCUT2D eigenvalue weighted by atomic mass is 35.5. The number of hydrogen-bond acceptors (Lipinski definition) is 5. The number of halogens is 1. The zero-order valence-corrected chi connectivity index (χ0v) is 25.3. The van der Waals surface area contributed by atoms with Gasteiger partial charge in [-0.05, 0) is 60.9 Å². The van der Waals surface area contributed by atoms with E-state index in [1.54, 1.807) is 48.5 Å². The average Bonchev–Trinajstić information content (AvgIpc) is 2.95. The lowest BCUT2D eigenvalue weighted by Crippen LogP contribution is -2.53. The molecule has 8 nitrogen and oxygen atoms in total. The molecule has 220 valence electrons. The van der Waals surface area contributed by atoms with E-state index in [1.165, 1.54) is 4.90 Å². The Morgan fingerprint density at radius 1 is 0.927 bits per heavy atom. The molecule has 0 saturated carbocycles. The van der Waals surface area contributed by atoms with Crippen molar-refractivity contribution in [2.75, 3.05) is 30.3 Å². The first-order valence-electron chi connectivity index (χ1n) is 13.7. The fourth-order valence-corrected chi connectivity index (χ4v) is 5.31. The van der Waals surface area contributed by atoms with Crippen molar-refractivity contribution in [3.8, 4) is 5.75 Å². The van der Waals surface area contributed by atoms with E-state index in [0.717, 1.165) is 34.5 Å². The van der Waals surface area contributed by atoms with Gasteiger partial charge in [0.1, 0.15) is 18.3 Å². The van der Waals surface area contributed by atoms with Gasteiger partial charge in [-0.25, -0.2) is 8.42 Å². The van der Waals surface area contributed by atoms with Crippen LogP contribution >= 0.6 is 11.6 Å². The van der Waals surface area contributed by atoms with Crippen LogP contribution in [-0.2, 0) is 32.6 Å². The zero-order valence-electron chi connectivity index (χ0n) is 23.8. The fraction of sp³-hybridized carbons (Fsp3) is 0.355. The molecule has 0 aliphatic rings. The van der Waals surface area contributed by atoms with Crippen LogP contribution in [0.2, 0.25) is 5.02 Å². The smallest absolute Gasteiger partial charge is 0.244 e. The Labute approximate surface area is 248 Å². The Kier molecular flexibility index (Phi) is 12.0. The van der Waals surface area contributed by atoms with Crippen molar-refractivity contribution in [2.45, 2.75) is 45.7 Å². The molecule has 1 N–H and O–H groups in total. The van der Waals surface area contributed by atoms with Gasteiger partial charge in [0.15, 0.2) is 0 Å². The van der Waals surface area contributed by atoms with E-state index in [9.17, 15) is 18.0 Å². The SMILES string of the molecule is CCCCNC(=O)[C@H](Cc1ccccc1)N(Cc1ccc(Cl)cc1)C(=O)CN(c1ccc(OCC)cc1)S(C)(=O)=O. The van der Waals surface area contributed by atoms with E-state index in [4.69, 9.17) is 16.3 Å². The molecule has 0 aliphatic carbocycles. The fourth-order valence-electron chi connectivity index (χ4n) is 4.34. The van der Waals surface area contributed by atoms with Gasteiger partial charge in [-0.2, -0.15) is 0 Å². The number of unbranched alkanes of at least 4 members (excludes halogenated alkanes) is 1. The van der Waals surface area contributed by atoms with Gasteiger partial charge in [0.25, 0.3) is 0 Å². The first-order chi connectivity index (χ1) is 19.6. The first-order valence-corrected chi connectivity index (χ1v) is 15.9. The third-order valence-corrected chi connectivity index (χ3v) is 7.87. The summed E-state index contributed by atoms with van der Waals surface area (Å²) < 4.78 is 32.3. The Bertz CT molecular complexity index is 1370. The minimum Gasteiger partial charge on any atom is -0.494 e. The van der Waals surface area contributed by atoms with Crippen molar-refractivity contribution >= 4 is 39.1 Å². The molecular weight excluding hydrogens is 562 g/mol. The molecule has 10 heteroatoms. The molecule has 0 unspecified atom stereocenters. The third-order valence-electron chi connectivity index (χ3n) is 6.48. The van der Waals surface area contributed by atoms with E-state index in [2.05, 4.69) is 5.32 Å². The summed E-state index contributed by atoms with van der Waals surface area (Å²) in [5, 5.41) is 3.51. The lowest BCUT2D eigenvalue weighted by Gasteiger charge is -2.33. The standard InChI is InChI=1S/C31H38ClN3O5S/c1-4-6-20-33-31(37)29(21-24-10-8-7-9-11-24)34(22-25-12-14-26(32)15-13-25)30(36)23-35(41(3,38)39)27-16-18-28(19-17-27)40-5-2/h7-19,29H,4-6,20-23H2,1-3H3,(H,33,37)/t29-/m0/s1. The molecule has 1 atom stereocenters. The minimum atomic E-state index is -3.85. The Hall–Kier alpha value is -3.56. The predicted molar refractivity (Wildman–Crippen MR) is 164 cm³/mol. The molecule has 0 aromatic heterocycles. The summed E-state index contributed by atoms with van der Waals surface area (Å²) in [6.45, 7) is 4.45. The molecule has 2 amide bonds. The highest BCUT2D eigenvalue weighted by molar-refractivity contribution is 7.92. The molecule has 0 fully saturated rings. The van der Waals surface area contributed by atoms with Gasteiger partial charge in [-0.15, -0.1) is 0 Å². The first kappa shape index (κ1) is 32.0. The highest BCUT2D eigenvalue weighted by Gasteiger charge is 2.33. The lowest BCUT2D eigenvalue weighted by atomic mass is 10.0. The number of benzene rings is 3. The topological polar surface area (TPSA) is 96.0 Å². The number of sulfonamides is 1. The normalized spacial score (nSPS) is 11.9. The van der Waals surface area contributed by atoms with Crippen molar-refractivity contribution in [1.29, 1.82) is 0 Å². The van der Waals surface area contributed by atoms with Crippen LogP contribution in [0.4, 0.5) is 5.69 Å². The number of rotatable bonds is 15. The van der Waals surface area contributed by atoms with Crippen LogP contribution < -0.4 is 14.4 Å². The molecule has 0 spiro atoms. The number of amides is 2. The Morgan fingerprint density at radius 3 is 2.17 bits per heavy atom. The molecule has 0 saturated heterocycles. The van der Waals surface area contributed by atoms with Crippen LogP contribution in [0.1, 0.15) is 37.8 Å². The van der Waals surface area contributed by atoms with Crippen molar-refractivity contribution in [2.24, 2.45) is 0 Å². The number of anilines is 1. The number of nitrogens with zero attached hydrogens (tertiary/aromatic N) is 2. The lowest BCUT2D eigenvalue weighted by molar-refractivity contribution is -0.140. The van der Waals surface area contributed by atoms with E-state index in [0.29, 0.717) is 29.6 Å². The molecule has 3 rings (SSSR count). The Balaban J connectivity index is 2.00. The number of ether oxygens (including phenoxy) is 1. The van der Waals surface area contributed by atoms with Gasteiger partial charge >= 0.3 is 0 Å². The van der Waals surface area contributed by atoms with Crippen LogP contribution in [0, 0.1) is 0 Å². The molecular formula is C31H38ClN3O5S. The number of hydrogen-bond donors (Lipinski definition) is 1. The summed E-state index contributed by atoms with van der Waals surface area (Å²) in [5.74, 6) is -0.213. The largest absolute Gasteiger partial charge is 0.494 e. The summed E-state index contributed by atoms with van der Waals surface area (Å²) in [7, 11) is -3.85. The van der Waals surface area contributed by atoms with Crippen molar-refractivity contribution in [3.05, 3.63) is 95.0 Å². The van der Waals surface area contributed by atoms with Crippen LogP contribution in [-0.4, -0.2) is 57.1 Å². The number of nitrogens with one attached hydrogen (secondary N) is 1. The molecule has 3 aromatic carbocycles. The van der Waals surface area contributed by atoms with Crippen molar-refractivity contribution in [1.82, 2.24) is 10.2 Å². The van der Waals surface area contributed by atoms with Crippen LogP contribution in [0.25, 0.3) is 0 Å². The maximum absolute atomic E-state index is 14.1. The Morgan fingerprint density at radius 2 is 1.59 bits per heavy atom. The van der Waals surface area contributed by atoms with Gasteiger partial charge in [-0.3, -0.25) is 13.9 Å². The van der Waals surface area contributed by atoms with E-state index in [-0.39, 0.29) is 18.9 Å². The van der Waals surface area contributed by atoms with Crippen LogP contribution in [0.5, 0.6) is 5.75 Å². The molecule has 0 radical (unpaired) electrons. The van der Waals surface area contributed by atoms with E-state index in [1.807, 2.05) is 44.2 Å². The van der Waals surface area contributed by atoms with Gasteiger partial charge < -0.3 is 15.0 Å². The molecule has 0 heterocycles. The molecule has 41 heavy (non-hydrogen) atoms. The highest BCUT2D eigenvalue weighted by Crippen LogP contribution is 2.23. The second-order valence-corrected chi connectivity index (χ2v) is 12.0. The second kappa shape index (κ2) is 15.4. The minimum absolute atomic E-state index is 0.0928. The van der Waals surface area contributed by atoms with Gasteiger partial charge in [-0.1, -0.05) is 67.4 Å². The molecule has 0 aliphatic heterocycles. The summed E-state index contributed by atoms with van der Waals surface area (Å²) in [6.07, 6.45) is 3.02. The van der Waals surface area contributed by atoms with Gasteiger partial charge in [0.2, 0.25) is 21.8 Å². The molecule has 3 aromatic rings. The average molecular weight is 600 g/mol. The van der Waals surface area contributed by atoms with Gasteiger partial charge in [0, 0.05) is 24.5 Å². The predicted octanol–water partition coefficient (Wildman–Crippen LogP) is 5.06. The monoisotopic (exact) mass is 599 g/mol. The van der Waals surface area contributed by atoms with Crippen LogP contribution in [0.15, 0.2) is 78.9 Å². The van der Waals surface area contributed by atoms with Crippen molar-refractivity contribution in [3.63, 3.8) is 0 Å². The number of carbonyl (C=O) groups is 2. The van der Waals surface area contributed by atoms with Crippen molar-refractivity contribution < 1.29 is 22.7 Å². The van der Waals surface area contributed by atoms with E-state index >= 15 is 0 Å². The van der Waals surface area contributed by atoms with Gasteiger partial charge in [0.05, 0.1) is 18.6 Å². The summed E-state index contributed by atoms with van der Waals surface area (Å²) >= 11 is 6.09. The quantitative estimate of drug-likeness (QED) is 0.246. The second-order valence-electron chi connectivity index (χ2n) is 9.69. The maximum atomic E-state index is 14.1.